The molecule has 0 N–H and O–H groups in total. The maximum absolute atomic E-state index is 12.9. The summed E-state index contributed by atoms with van der Waals surface area (Å²) >= 11 is 5.91. The van der Waals surface area contributed by atoms with E-state index in [0.717, 1.165) is 10.9 Å². The van der Waals surface area contributed by atoms with Gasteiger partial charge in [0, 0.05) is 10.4 Å². The van der Waals surface area contributed by atoms with Gasteiger partial charge in [-0.25, -0.2) is 0 Å². The summed E-state index contributed by atoms with van der Waals surface area (Å²) in [5.41, 5.74) is 2.06. The predicted octanol–water partition coefficient (Wildman–Crippen LogP) is 5.80. The molecule has 6 nitrogen and oxygen atoms in total. The van der Waals surface area contributed by atoms with E-state index in [4.69, 9.17) is 20.4 Å². The van der Waals surface area contributed by atoms with Crippen LogP contribution in [0.4, 0.5) is 0 Å². The van der Waals surface area contributed by atoms with Crippen LogP contribution in [-0.2, 0) is 0 Å². The van der Waals surface area contributed by atoms with Gasteiger partial charge in [0.25, 0.3) is 0 Å². The fraction of sp³-hybridized carbons (Fsp3) is 0. The fourth-order valence-electron chi connectivity index (χ4n) is 3.08. The molecule has 0 aliphatic carbocycles. The smallest absolute Gasteiger partial charge is 0.315 e. The number of furan rings is 2. The molecule has 5 aromatic rings. The highest BCUT2D eigenvalue weighted by atomic mass is 35.5. The molecule has 0 atom stereocenters. The van der Waals surface area contributed by atoms with E-state index in [2.05, 4.69) is 10.3 Å². The molecule has 0 saturated carbocycles. The predicted molar refractivity (Wildman–Crippen MR) is 114 cm³/mol. The van der Waals surface area contributed by atoms with Crippen molar-refractivity contribution in [3.8, 4) is 11.5 Å². The minimum absolute atomic E-state index is 0.178. The lowest BCUT2D eigenvalue weighted by Crippen LogP contribution is -2.14. The number of carbonyl (C=O) groups is 1. The molecule has 0 spiro atoms. The number of benzene rings is 2. The van der Waals surface area contributed by atoms with Crippen LogP contribution in [0.15, 0.2) is 81.8 Å². The topological polar surface area (TPSA) is 74.1 Å². The van der Waals surface area contributed by atoms with E-state index < -0.39 is 5.91 Å². The number of hydrogen-bond acceptors (Lipinski definition) is 5. The molecule has 0 amide bonds. The number of fused-ring (bicyclic) bond motifs is 1. The van der Waals surface area contributed by atoms with Crippen LogP contribution in [0, 0.1) is 0 Å². The molecule has 0 aliphatic rings. The summed E-state index contributed by atoms with van der Waals surface area (Å²) in [6, 6.07) is 20.1. The maximum Gasteiger partial charge on any atom is 0.315 e. The minimum atomic E-state index is -0.423. The molecule has 0 bridgehead atoms. The first kappa shape index (κ1) is 18.1. The van der Waals surface area contributed by atoms with Crippen LogP contribution in [0.2, 0.25) is 5.02 Å². The lowest BCUT2D eigenvalue weighted by atomic mass is 10.2. The SMILES string of the molecule is O=C(c1cc2ccccc2o1)n1nncc1-c1ccc(/C=C/c2ccc(Cl)cc2)o1. The molecule has 0 unspecified atom stereocenters. The van der Waals surface area contributed by atoms with E-state index in [1.54, 1.807) is 18.2 Å². The van der Waals surface area contributed by atoms with Crippen LogP contribution in [0.5, 0.6) is 0 Å². The third-order valence-electron chi connectivity index (χ3n) is 4.57. The Labute approximate surface area is 176 Å². The van der Waals surface area contributed by atoms with Crippen molar-refractivity contribution in [2.75, 3.05) is 0 Å². The largest absolute Gasteiger partial charge is 0.455 e. The van der Waals surface area contributed by atoms with Crippen molar-refractivity contribution >= 4 is 40.6 Å². The Balaban J connectivity index is 1.42. The van der Waals surface area contributed by atoms with E-state index in [1.165, 1.54) is 10.9 Å². The molecule has 0 radical (unpaired) electrons. The number of halogens is 1. The van der Waals surface area contributed by atoms with E-state index in [9.17, 15) is 4.79 Å². The highest BCUT2D eigenvalue weighted by molar-refractivity contribution is 6.30. The molecule has 3 aromatic heterocycles. The third-order valence-corrected chi connectivity index (χ3v) is 4.82. The number of hydrogen-bond donors (Lipinski definition) is 0. The third kappa shape index (κ3) is 3.44. The number of nitrogens with zero attached hydrogens (tertiary/aromatic N) is 3. The Bertz CT molecular complexity index is 1340. The van der Waals surface area contributed by atoms with Gasteiger partial charge in [-0.3, -0.25) is 4.79 Å². The van der Waals surface area contributed by atoms with E-state index in [-0.39, 0.29) is 5.76 Å². The Morgan fingerprint density at radius 1 is 0.967 bits per heavy atom. The standard InChI is InChI=1S/C23H14ClN3O3/c24-17-8-5-15(6-9-17)7-10-18-11-12-21(29-18)19-14-25-26-27(19)23(28)22-13-16-3-1-2-4-20(16)30-22/h1-14H/b10-7+. The second kappa shape index (κ2) is 7.50. The monoisotopic (exact) mass is 415 g/mol. The van der Waals surface area contributed by atoms with Crippen LogP contribution < -0.4 is 0 Å². The molecule has 146 valence electrons. The van der Waals surface area contributed by atoms with Crippen LogP contribution in [0.3, 0.4) is 0 Å². The summed E-state index contributed by atoms with van der Waals surface area (Å²) in [4.78, 5) is 12.9. The second-order valence-electron chi connectivity index (χ2n) is 6.57. The summed E-state index contributed by atoms with van der Waals surface area (Å²) in [6.07, 6.45) is 5.22. The van der Waals surface area contributed by atoms with Crippen molar-refractivity contribution in [2.45, 2.75) is 0 Å². The minimum Gasteiger partial charge on any atom is -0.455 e. The number of carbonyl (C=O) groups excluding carboxylic acids is 1. The molecule has 0 fully saturated rings. The van der Waals surface area contributed by atoms with Crippen LogP contribution >= 0.6 is 11.6 Å². The number of aromatic nitrogens is 3. The fourth-order valence-corrected chi connectivity index (χ4v) is 3.20. The van der Waals surface area contributed by atoms with Crippen molar-refractivity contribution < 1.29 is 13.6 Å². The van der Waals surface area contributed by atoms with Gasteiger partial charge in [-0.05, 0) is 48.0 Å². The average Bonchev–Trinajstić information content (AvgIpc) is 3.51. The first-order chi connectivity index (χ1) is 14.7. The zero-order valence-corrected chi connectivity index (χ0v) is 16.3. The van der Waals surface area contributed by atoms with Gasteiger partial charge >= 0.3 is 5.91 Å². The van der Waals surface area contributed by atoms with Crippen LogP contribution in [-0.4, -0.2) is 20.9 Å². The van der Waals surface area contributed by atoms with Gasteiger partial charge in [0.1, 0.15) is 17.0 Å². The number of rotatable bonds is 4. The van der Waals surface area contributed by atoms with Gasteiger partial charge in [0.05, 0.1) is 6.20 Å². The van der Waals surface area contributed by atoms with Crippen molar-refractivity contribution in [1.29, 1.82) is 0 Å². The van der Waals surface area contributed by atoms with Gasteiger partial charge in [0.15, 0.2) is 11.5 Å². The van der Waals surface area contributed by atoms with Gasteiger partial charge in [-0.2, -0.15) is 4.68 Å². The lowest BCUT2D eigenvalue weighted by molar-refractivity contribution is 0.0918. The van der Waals surface area contributed by atoms with Gasteiger partial charge in [0.2, 0.25) is 0 Å². The highest BCUT2D eigenvalue weighted by Crippen LogP contribution is 2.25. The van der Waals surface area contributed by atoms with Crippen molar-refractivity contribution in [2.24, 2.45) is 0 Å². The summed E-state index contributed by atoms with van der Waals surface area (Å²) < 4.78 is 12.7. The van der Waals surface area contributed by atoms with Gasteiger partial charge < -0.3 is 8.83 Å². The molecular formula is C23H14ClN3O3. The molecule has 0 saturated heterocycles. The first-order valence-corrected chi connectivity index (χ1v) is 9.53. The van der Waals surface area contributed by atoms with Crippen LogP contribution in [0.1, 0.15) is 21.9 Å². The maximum atomic E-state index is 12.9. The lowest BCUT2D eigenvalue weighted by Gasteiger charge is -2.00. The Hall–Kier alpha value is -3.90. The van der Waals surface area contributed by atoms with Crippen LogP contribution in [0.25, 0.3) is 34.6 Å². The molecule has 30 heavy (non-hydrogen) atoms. The van der Waals surface area contributed by atoms with E-state index in [1.807, 2.05) is 60.7 Å². The summed E-state index contributed by atoms with van der Waals surface area (Å²) in [5.74, 6) is 0.856. The quantitative estimate of drug-likeness (QED) is 0.371. The molecule has 0 aliphatic heterocycles. The van der Waals surface area contributed by atoms with E-state index in [0.29, 0.717) is 27.8 Å². The van der Waals surface area contributed by atoms with Crippen molar-refractivity contribution in [3.63, 3.8) is 0 Å². The summed E-state index contributed by atoms with van der Waals surface area (Å²) in [6.45, 7) is 0. The zero-order chi connectivity index (χ0) is 20.5. The normalized spacial score (nSPS) is 11.5. The summed E-state index contributed by atoms with van der Waals surface area (Å²) in [7, 11) is 0. The zero-order valence-electron chi connectivity index (χ0n) is 15.5. The molecule has 2 aromatic carbocycles. The first-order valence-electron chi connectivity index (χ1n) is 9.15. The molecule has 3 heterocycles. The highest BCUT2D eigenvalue weighted by Gasteiger charge is 2.21. The molecule has 7 heteroatoms. The Morgan fingerprint density at radius 2 is 1.80 bits per heavy atom. The second-order valence-corrected chi connectivity index (χ2v) is 7.01. The Morgan fingerprint density at radius 3 is 2.63 bits per heavy atom. The van der Waals surface area contributed by atoms with Gasteiger partial charge in [-0.1, -0.05) is 53.2 Å². The Kier molecular flexibility index (Phi) is 4.53. The average molecular weight is 416 g/mol. The van der Waals surface area contributed by atoms with Gasteiger partial charge in [-0.15, -0.1) is 5.10 Å². The van der Waals surface area contributed by atoms with E-state index >= 15 is 0 Å². The summed E-state index contributed by atoms with van der Waals surface area (Å²) in [5, 5.41) is 9.31. The molecule has 5 rings (SSSR count). The number of para-hydroxylation sites is 1. The molecular weight excluding hydrogens is 402 g/mol. The van der Waals surface area contributed by atoms with Crippen molar-refractivity contribution in [3.05, 3.63) is 95.0 Å². The van der Waals surface area contributed by atoms with Crippen molar-refractivity contribution in [1.82, 2.24) is 15.0 Å².